The molecule has 1 rings (SSSR count). The fourth-order valence-electron chi connectivity index (χ4n) is 1.13. The molecule has 1 amide bonds. The standard InChI is InChI=1S/C12H15ClN2O/c1-3-6-14-12(16)8-15-10-5-4-9(2)11(13)7-10/h3-5,7,15H,1,6,8H2,2H3,(H,14,16). The Morgan fingerprint density at radius 1 is 1.56 bits per heavy atom. The number of hydrogen-bond donors (Lipinski definition) is 2. The Labute approximate surface area is 100 Å². The second-order valence-electron chi connectivity index (χ2n) is 3.41. The Kier molecular flexibility index (Phi) is 4.86. The van der Waals surface area contributed by atoms with Crippen LogP contribution in [-0.4, -0.2) is 19.0 Å². The van der Waals surface area contributed by atoms with Gasteiger partial charge in [0.05, 0.1) is 6.54 Å². The molecule has 0 fully saturated rings. The highest BCUT2D eigenvalue weighted by molar-refractivity contribution is 6.31. The van der Waals surface area contributed by atoms with Crippen molar-refractivity contribution in [3.63, 3.8) is 0 Å². The normalized spacial score (nSPS) is 9.62. The summed E-state index contributed by atoms with van der Waals surface area (Å²) in [4.78, 5) is 11.3. The van der Waals surface area contributed by atoms with Crippen molar-refractivity contribution in [2.24, 2.45) is 0 Å². The number of amides is 1. The van der Waals surface area contributed by atoms with Crippen LogP contribution in [0.2, 0.25) is 5.02 Å². The van der Waals surface area contributed by atoms with Crippen molar-refractivity contribution in [1.82, 2.24) is 5.32 Å². The lowest BCUT2D eigenvalue weighted by Gasteiger charge is -2.07. The summed E-state index contributed by atoms with van der Waals surface area (Å²) in [6.45, 7) is 6.16. The zero-order chi connectivity index (χ0) is 12.0. The van der Waals surface area contributed by atoms with Gasteiger partial charge in [-0.2, -0.15) is 0 Å². The molecule has 1 aromatic carbocycles. The molecule has 0 heterocycles. The molecule has 0 spiro atoms. The number of carbonyl (C=O) groups excluding carboxylic acids is 1. The van der Waals surface area contributed by atoms with Gasteiger partial charge in [-0.15, -0.1) is 6.58 Å². The number of halogens is 1. The van der Waals surface area contributed by atoms with E-state index in [-0.39, 0.29) is 12.5 Å². The molecule has 16 heavy (non-hydrogen) atoms. The number of benzene rings is 1. The minimum Gasteiger partial charge on any atom is -0.376 e. The van der Waals surface area contributed by atoms with Gasteiger partial charge in [0.15, 0.2) is 0 Å². The summed E-state index contributed by atoms with van der Waals surface area (Å²) in [5.41, 5.74) is 1.85. The fourth-order valence-corrected chi connectivity index (χ4v) is 1.31. The molecule has 3 nitrogen and oxygen atoms in total. The van der Waals surface area contributed by atoms with E-state index in [1.807, 2.05) is 19.1 Å². The van der Waals surface area contributed by atoms with E-state index in [0.717, 1.165) is 11.3 Å². The minimum absolute atomic E-state index is 0.0726. The van der Waals surface area contributed by atoms with Crippen LogP contribution in [0.15, 0.2) is 30.9 Å². The first-order chi connectivity index (χ1) is 7.63. The van der Waals surface area contributed by atoms with Crippen LogP contribution in [0.5, 0.6) is 0 Å². The van der Waals surface area contributed by atoms with E-state index in [1.54, 1.807) is 12.1 Å². The topological polar surface area (TPSA) is 41.1 Å². The first kappa shape index (κ1) is 12.6. The third-order valence-electron chi connectivity index (χ3n) is 2.07. The summed E-state index contributed by atoms with van der Waals surface area (Å²) in [6.07, 6.45) is 1.64. The van der Waals surface area contributed by atoms with Crippen molar-refractivity contribution in [3.05, 3.63) is 41.4 Å². The van der Waals surface area contributed by atoms with Gasteiger partial charge >= 0.3 is 0 Å². The van der Waals surface area contributed by atoms with Crippen LogP contribution in [0, 0.1) is 6.92 Å². The number of anilines is 1. The minimum atomic E-state index is -0.0726. The summed E-state index contributed by atoms with van der Waals surface area (Å²) >= 11 is 5.96. The zero-order valence-corrected chi connectivity index (χ0v) is 9.97. The van der Waals surface area contributed by atoms with Crippen LogP contribution >= 0.6 is 11.6 Å². The molecular formula is C12H15ClN2O. The quantitative estimate of drug-likeness (QED) is 0.774. The third kappa shape index (κ3) is 3.95. The van der Waals surface area contributed by atoms with Crippen LogP contribution < -0.4 is 10.6 Å². The van der Waals surface area contributed by atoms with E-state index in [4.69, 9.17) is 11.6 Å². The Morgan fingerprint density at radius 2 is 2.31 bits per heavy atom. The lowest BCUT2D eigenvalue weighted by Crippen LogP contribution is -2.29. The summed E-state index contributed by atoms with van der Waals surface area (Å²) in [5, 5.41) is 6.36. The molecule has 0 bridgehead atoms. The van der Waals surface area contributed by atoms with E-state index in [2.05, 4.69) is 17.2 Å². The molecule has 0 radical (unpaired) electrons. The lowest BCUT2D eigenvalue weighted by molar-refractivity contribution is -0.119. The van der Waals surface area contributed by atoms with Gasteiger partial charge in [-0.05, 0) is 24.6 Å². The highest BCUT2D eigenvalue weighted by Crippen LogP contribution is 2.19. The van der Waals surface area contributed by atoms with E-state index in [0.29, 0.717) is 11.6 Å². The van der Waals surface area contributed by atoms with Crippen LogP contribution in [0.1, 0.15) is 5.56 Å². The summed E-state index contributed by atoms with van der Waals surface area (Å²) in [7, 11) is 0. The van der Waals surface area contributed by atoms with E-state index in [1.165, 1.54) is 0 Å². The molecule has 0 aliphatic rings. The van der Waals surface area contributed by atoms with Crippen molar-refractivity contribution < 1.29 is 4.79 Å². The zero-order valence-electron chi connectivity index (χ0n) is 9.22. The summed E-state index contributed by atoms with van der Waals surface area (Å²) < 4.78 is 0. The molecule has 0 unspecified atom stereocenters. The van der Waals surface area contributed by atoms with Crippen molar-refractivity contribution in [3.8, 4) is 0 Å². The van der Waals surface area contributed by atoms with Crippen LogP contribution in [-0.2, 0) is 4.79 Å². The molecule has 1 aromatic rings. The Hall–Kier alpha value is -1.48. The molecule has 0 saturated carbocycles. The average Bonchev–Trinajstić information content (AvgIpc) is 2.28. The molecule has 0 aromatic heterocycles. The first-order valence-electron chi connectivity index (χ1n) is 5.01. The first-order valence-corrected chi connectivity index (χ1v) is 5.39. The average molecular weight is 239 g/mol. The van der Waals surface area contributed by atoms with E-state index in [9.17, 15) is 4.79 Å². The highest BCUT2D eigenvalue weighted by Gasteiger charge is 2.01. The maximum absolute atomic E-state index is 11.3. The molecule has 0 atom stereocenters. The molecule has 2 N–H and O–H groups in total. The smallest absolute Gasteiger partial charge is 0.239 e. The monoisotopic (exact) mass is 238 g/mol. The maximum Gasteiger partial charge on any atom is 0.239 e. The molecule has 0 aliphatic heterocycles. The van der Waals surface area contributed by atoms with Crippen molar-refractivity contribution in [2.45, 2.75) is 6.92 Å². The number of aryl methyl sites for hydroxylation is 1. The van der Waals surface area contributed by atoms with E-state index >= 15 is 0 Å². The molecule has 0 saturated heterocycles. The predicted octanol–water partition coefficient (Wildman–Crippen LogP) is 2.36. The van der Waals surface area contributed by atoms with Crippen molar-refractivity contribution in [1.29, 1.82) is 0 Å². The second kappa shape index (κ2) is 6.18. The molecule has 86 valence electrons. The Morgan fingerprint density at radius 3 is 2.94 bits per heavy atom. The number of hydrogen-bond acceptors (Lipinski definition) is 2. The van der Waals surface area contributed by atoms with Gasteiger partial charge in [0, 0.05) is 17.3 Å². The number of nitrogens with one attached hydrogen (secondary N) is 2. The Balaban J connectivity index is 2.45. The molecular weight excluding hydrogens is 224 g/mol. The van der Waals surface area contributed by atoms with Gasteiger partial charge < -0.3 is 10.6 Å². The largest absolute Gasteiger partial charge is 0.376 e. The van der Waals surface area contributed by atoms with Gasteiger partial charge in [0.2, 0.25) is 5.91 Å². The van der Waals surface area contributed by atoms with Crippen molar-refractivity contribution >= 4 is 23.2 Å². The number of rotatable bonds is 5. The van der Waals surface area contributed by atoms with Crippen LogP contribution in [0.25, 0.3) is 0 Å². The highest BCUT2D eigenvalue weighted by atomic mass is 35.5. The predicted molar refractivity (Wildman–Crippen MR) is 67.9 cm³/mol. The van der Waals surface area contributed by atoms with Gasteiger partial charge in [0.25, 0.3) is 0 Å². The second-order valence-corrected chi connectivity index (χ2v) is 3.82. The van der Waals surface area contributed by atoms with E-state index < -0.39 is 0 Å². The molecule has 4 heteroatoms. The van der Waals surface area contributed by atoms with Crippen LogP contribution in [0.4, 0.5) is 5.69 Å². The maximum atomic E-state index is 11.3. The van der Waals surface area contributed by atoms with Gasteiger partial charge in [-0.1, -0.05) is 23.7 Å². The third-order valence-corrected chi connectivity index (χ3v) is 2.48. The van der Waals surface area contributed by atoms with Gasteiger partial charge in [-0.25, -0.2) is 0 Å². The van der Waals surface area contributed by atoms with Crippen LogP contribution in [0.3, 0.4) is 0 Å². The molecule has 0 aliphatic carbocycles. The van der Waals surface area contributed by atoms with Gasteiger partial charge in [-0.3, -0.25) is 4.79 Å². The Bertz CT molecular complexity index is 391. The van der Waals surface area contributed by atoms with Crippen molar-refractivity contribution in [2.75, 3.05) is 18.4 Å². The summed E-state index contributed by atoms with van der Waals surface area (Å²) in [5.74, 6) is -0.0726. The lowest BCUT2D eigenvalue weighted by atomic mass is 10.2. The van der Waals surface area contributed by atoms with Gasteiger partial charge in [0.1, 0.15) is 0 Å². The summed E-state index contributed by atoms with van der Waals surface area (Å²) in [6, 6.07) is 5.60. The SMILES string of the molecule is C=CCNC(=O)CNc1ccc(C)c(Cl)c1. The number of carbonyl (C=O) groups is 1. The fraction of sp³-hybridized carbons (Fsp3) is 0.250.